The molecule has 0 radical (unpaired) electrons. The predicted octanol–water partition coefficient (Wildman–Crippen LogP) is 4.70. The van der Waals surface area contributed by atoms with E-state index in [1.165, 1.54) is 0 Å². The third-order valence-electron chi connectivity index (χ3n) is 6.34. The Labute approximate surface area is 200 Å². The van der Waals surface area contributed by atoms with Crippen molar-refractivity contribution in [1.82, 2.24) is 10.6 Å². The van der Waals surface area contributed by atoms with Crippen LogP contribution in [0.5, 0.6) is 0 Å². The maximum Gasteiger partial charge on any atom is 0.407 e. The van der Waals surface area contributed by atoms with Crippen molar-refractivity contribution in [2.75, 3.05) is 6.61 Å². The zero-order valence-electron chi connectivity index (χ0n) is 20.0. The van der Waals surface area contributed by atoms with Gasteiger partial charge in [0.25, 0.3) is 0 Å². The molecular formula is C27H34N2O5. The maximum absolute atomic E-state index is 12.6. The highest BCUT2D eigenvalue weighted by molar-refractivity contribution is 5.84. The van der Waals surface area contributed by atoms with Crippen molar-refractivity contribution in [2.24, 2.45) is 5.92 Å². The summed E-state index contributed by atoms with van der Waals surface area (Å²) in [7, 11) is 0. The number of ether oxygens (including phenoxy) is 1. The van der Waals surface area contributed by atoms with Crippen LogP contribution in [0.3, 0.4) is 0 Å². The number of carboxylic acids is 1. The Bertz CT molecular complexity index is 974. The minimum Gasteiger partial charge on any atom is -0.480 e. The third kappa shape index (κ3) is 6.16. The molecule has 2 aromatic rings. The largest absolute Gasteiger partial charge is 0.480 e. The van der Waals surface area contributed by atoms with Gasteiger partial charge in [-0.3, -0.25) is 4.79 Å². The summed E-state index contributed by atoms with van der Waals surface area (Å²) >= 11 is 0. The second kappa shape index (κ2) is 11.7. The minimum absolute atomic E-state index is 0.0161. The molecule has 2 aromatic carbocycles. The molecule has 182 valence electrons. The summed E-state index contributed by atoms with van der Waals surface area (Å²) in [4.78, 5) is 36.5. The average molecular weight is 467 g/mol. The fourth-order valence-corrected chi connectivity index (χ4v) is 4.36. The molecule has 3 rings (SSSR count). The van der Waals surface area contributed by atoms with Crippen LogP contribution >= 0.6 is 0 Å². The van der Waals surface area contributed by atoms with E-state index in [1.54, 1.807) is 0 Å². The van der Waals surface area contributed by atoms with Crippen LogP contribution in [-0.2, 0) is 14.3 Å². The number of amides is 2. The van der Waals surface area contributed by atoms with Gasteiger partial charge in [0.15, 0.2) is 0 Å². The summed E-state index contributed by atoms with van der Waals surface area (Å²) in [6.45, 7) is 5.95. The lowest BCUT2D eigenvalue weighted by atomic mass is 9.98. The Kier molecular flexibility index (Phi) is 8.68. The number of carbonyl (C=O) groups excluding carboxylic acids is 2. The van der Waals surface area contributed by atoms with Gasteiger partial charge in [-0.2, -0.15) is 0 Å². The van der Waals surface area contributed by atoms with Crippen molar-refractivity contribution in [3.63, 3.8) is 0 Å². The molecule has 0 heterocycles. The van der Waals surface area contributed by atoms with Gasteiger partial charge >= 0.3 is 12.1 Å². The lowest BCUT2D eigenvalue weighted by Crippen LogP contribution is -2.46. The van der Waals surface area contributed by atoms with Gasteiger partial charge in [0.2, 0.25) is 5.91 Å². The van der Waals surface area contributed by atoms with Crippen molar-refractivity contribution in [1.29, 1.82) is 0 Å². The van der Waals surface area contributed by atoms with E-state index in [0.29, 0.717) is 12.8 Å². The van der Waals surface area contributed by atoms with E-state index >= 15 is 0 Å². The smallest absolute Gasteiger partial charge is 0.407 e. The topological polar surface area (TPSA) is 105 Å². The molecule has 7 heteroatoms. The molecule has 1 aliphatic rings. The van der Waals surface area contributed by atoms with Gasteiger partial charge in [0.1, 0.15) is 12.6 Å². The van der Waals surface area contributed by atoms with E-state index < -0.39 is 30.1 Å². The highest BCUT2D eigenvalue weighted by atomic mass is 16.5. The van der Waals surface area contributed by atoms with Gasteiger partial charge in [0.05, 0.1) is 0 Å². The van der Waals surface area contributed by atoms with Gasteiger partial charge in [-0.25, -0.2) is 9.59 Å². The van der Waals surface area contributed by atoms with E-state index in [9.17, 15) is 19.5 Å². The molecular weight excluding hydrogens is 432 g/mol. The molecule has 0 spiro atoms. The zero-order chi connectivity index (χ0) is 24.7. The molecule has 3 N–H and O–H groups in total. The molecule has 2 amide bonds. The van der Waals surface area contributed by atoms with E-state index in [0.717, 1.165) is 28.7 Å². The van der Waals surface area contributed by atoms with Crippen molar-refractivity contribution < 1.29 is 24.2 Å². The number of hydrogen-bond acceptors (Lipinski definition) is 4. The molecule has 7 nitrogen and oxygen atoms in total. The van der Waals surface area contributed by atoms with Crippen molar-refractivity contribution >= 4 is 18.0 Å². The van der Waals surface area contributed by atoms with Gasteiger partial charge in [-0.1, -0.05) is 82.1 Å². The van der Waals surface area contributed by atoms with Gasteiger partial charge < -0.3 is 20.5 Å². The normalized spacial score (nSPS) is 14.1. The predicted molar refractivity (Wildman–Crippen MR) is 131 cm³/mol. The molecule has 0 saturated carbocycles. The first-order valence-electron chi connectivity index (χ1n) is 12.0. The number of nitrogens with one attached hydrogen (secondary N) is 2. The molecule has 1 unspecified atom stereocenters. The Balaban J connectivity index is 1.58. The number of unbranched alkanes of at least 4 members (excludes halogenated alkanes) is 1. The quantitative estimate of drug-likeness (QED) is 0.445. The highest BCUT2D eigenvalue weighted by Gasteiger charge is 2.30. The number of fused-ring (bicyclic) bond motifs is 3. The molecule has 34 heavy (non-hydrogen) atoms. The number of hydrogen-bond donors (Lipinski definition) is 3. The number of carboxylic acid groups (broad SMARTS) is 1. The van der Waals surface area contributed by atoms with Crippen LogP contribution in [0.25, 0.3) is 11.1 Å². The molecule has 2 atom stereocenters. The van der Waals surface area contributed by atoms with Crippen LogP contribution in [0.4, 0.5) is 4.79 Å². The summed E-state index contributed by atoms with van der Waals surface area (Å²) in [5.41, 5.74) is 4.56. The van der Waals surface area contributed by atoms with Crippen molar-refractivity contribution in [2.45, 2.75) is 64.5 Å². The van der Waals surface area contributed by atoms with Crippen LogP contribution in [0.1, 0.15) is 63.5 Å². The van der Waals surface area contributed by atoms with Crippen LogP contribution in [0, 0.1) is 5.92 Å². The number of rotatable bonds is 11. The van der Waals surface area contributed by atoms with Gasteiger partial charge in [-0.15, -0.1) is 0 Å². The number of alkyl carbamates (subject to hydrolysis) is 1. The maximum atomic E-state index is 12.6. The van der Waals surface area contributed by atoms with Crippen molar-refractivity contribution in [3.8, 4) is 11.1 Å². The zero-order valence-corrected chi connectivity index (χ0v) is 20.0. The lowest BCUT2D eigenvalue weighted by molar-refractivity contribution is -0.142. The van der Waals surface area contributed by atoms with Crippen LogP contribution in [0.15, 0.2) is 48.5 Å². The van der Waals surface area contributed by atoms with E-state index in [4.69, 9.17) is 4.74 Å². The van der Waals surface area contributed by atoms with Gasteiger partial charge in [-0.05, 0) is 34.6 Å². The minimum atomic E-state index is -1.05. The first-order chi connectivity index (χ1) is 16.3. The summed E-state index contributed by atoms with van der Waals surface area (Å²) in [6.07, 6.45) is 1.33. The first-order valence-corrected chi connectivity index (χ1v) is 12.0. The number of benzene rings is 2. The van der Waals surface area contributed by atoms with E-state index in [2.05, 4.69) is 34.9 Å². The van der Waals surface area contributed by atoms with E-state index in [1.807, 2.05) is 45.0 Å². The first kappa shape index (κ1) is 25.3. The Morgan fingerprint density at radius 2 is 1.56 bits per heavy atom. The van der Waals surface area contributed by atoms with Crippen LogP contribution in [-0.4, -0.2) is 41.8 Å². The summed E-state index contributed by atoms with van der Waals surface area (Å²) < 4.78 is 5.60. The molecule has 0 bridgehead atoms. The average Bonchev–Trinajstić information content (AvgIpc) is 3.13. The molecule has 0 aromatic heterocycles. The second-order valence-corrected chi connectivity index (χ2v) is 9.13. The fraction of sp³-hybridized carbons (Fsp3) is 0.444. The lowest BCUT2D eigenvalue weighted by Gasteiger charge is -2.23. The van der Waals surface area contributed by atoms with Crippen molar-refractivity contribution in [3.05, 3.63) is 59.7 Å². The highest BCUT2D eigenvalue weighted by Crippen LogP contribution is 2.44. The Morgan fingerprint density at radius 1 is 0.971 bits per heavy atom. The van der Waals surface area contributed by atoms with E-state index in [-0.39, 0.29) is 24.9 Å². The summed E-state index contributed by atoms with van der Waals surface area (Å²) in [5, 5.41) is 14.7. The monoisotopic (exact) mass is 466 g/mol. The standard InChI is InChI=1S/C27H34N2O5/c1-4-5-14-23(26(31)32)28-25(30)15-24(17(2)3)29-27(33)34-16-22-20-12-8-6-10-18(20)19-11-7-9-13-21(19)22/h6-13,17,22-24H,4-5,14-16H2,1-3H3,(H,28,30)(H,29,33)(H,31,32)/t23?,24-/m1/s1. The van der Waals surface area contributed by atoms with Gasteiger partial charge in [0, 0.05) is 18.4 Å². The Hall–Kier alpha value is -3.35. The van der Waals surface area contributed by atoms with Crippen LogP contribution in [0.2, 0.25) is 0 Å². The molecule has 0 fully saturated rings. The third-order valence-corrected chi connectivity index (χ3v) is 6.34. The van der Waals surface area contributed by atoms with Crippen LogP contribution < -0.4 is 10.6 Å². The molecule has 1 aliphatic carbocycles. The SMILES string of the molecule is CCCCC(NC(=O)C[C@@H](NC(=O)OCC1c2ccccc2-c2ccccc21)C(C)C)C(=O)O. The summed E-state index contributed by atoms with van der Waals surface area (Å²) in [5.74, 6) is -1.53. The number of carbonyl (C=O) groups is 3. The summed E-state index contributed by atoms with van der Waals surface area (Å²) in [6, 6.07) is 14.8. The molecule has 0 aliphatic heterocycles. The molecule has 0 saturated heterocycles. The number of aliphatic carboxylic acids is 1. The second-order valence-electron chi connectivity index (χ2n) is 9.13. The Morgan fingerprint density at radius 3 is 2.09 bits per heavy atom. The fourth-order valence-electron chi connectivity index (χ4n) is 4.36.